The first-order chi connectivity index (χ1) is 18.2. The average molecular weight is 510 g/mol. The fourth-order valence-electron chi connectivity index (χ4n) is 5.32. The van der Waals surface area contributed by atoms with Crippen LogP contribution in [0, 0.1) is 0 Å². The summed E-state index contributed by atoms with van der Waals surface area (Å²) in [7, 11) is 0. The summed E-state index contributed by atoms with van der Waals surface area (Å²) < 4.78 is 0. The number of carbonyl (C=O) groups is 3. The fraction of sp³-hybridized carbons (Fsp3) is 0.344. The molecule has 6 nitrogen and oxygen atoms in total. The SMILES string of the molecule is CC(C)(C)c1ccc(CN2CCN(C(=O)[C@H](Cc3ccccc3)N3C(=O)c4ccccc4C3=O)CC2)cc1. The number of hydrogen-bond donors (Lipinski definition) is 0. The lowest BCUT2D eigenvalue weighted by molar-refractivity contribution is -0.137. The second-order valence-corrected chi connectivity index (χ2v) is 11.3. The van der Waals surface area contributed by atoms with Crippen molar-refractivity contribution in [3.8, 4) is 0 Å². The third-order valence-corrected chi connectivity index (χ3v) is 7.60. The van der Waals surface area contributed by atoms with Gasteiger partial charge in [-0.2, -0.15) is 0 Å². The van der Waals surface area contributed by atoms with Crippen molar-refractivity contribution in [2.24, 2.45) is 0 Å². The molecule has 6 heteroatoms. The molecule has 0 radical (unpaired) electrons. The minimum Gasteiger partial charge on any atom is -0.338 e. The first kappa shape index (κ1) is 25.9. The van der Waals surface area contributed by atoms with Crippen molar-refractivity contribution in [1.82, 2.24) is 14.7 Å². The number of carbonyl (C=O) groups excluding carboxylic acids is 3. The molecule has 0 bridgehead atoms. The Bertz CT molecular complexity index is 1290. The summed E-state index contributed by atoms with van der Waals surface area (Å²) in [5.74, 6) is -0.952. The molecular formula is C32H35N3O3. The van der Waals surface area contributed by atoms with Gasteiger partial charge in [0.15, 0.2) is 0 Å². The molecule has 3 aromatic rings. The maximum Gasteiger partial charge on any atom is 0.262 e. The lowest BCUT2D eigenvalue weighted by Crippen LogP contribution is -2.56. The molecule has 0 unspecified atom stereocenters. The van der Waals surface area contributed by atoms with E-state index in [0.717, 1.165) is 25.2 Å². The third-order valence-electron chi connectivity index (χ3n) is 7.60. The quantitative estimate of drug-likeness (QED) is 0.458. The molecule has 2 aliphatic rings. The number of rotatable bonds is 6. The predicted octanol–water partition coefficient (Wildman–Crippen LogP) is 4.54. The summed E-state index contributed by atoms with van der Waals surface area (Å²) in [4.78, 5) is 45.8. The first-order valence-electron chi connectivity index (χ1n) is 13.3. The zero-order valence-electron chi connectivity index (χ0n) is 22.4. The molecule has 2 heterocycles. The third kappa shape index (κ3) is 5.27. The summed E-state index contributed by atoms with van der Waals surface area (Å²) in [5.41, 5.74) is 4.34. The Labute approximate surface area is 224 Å². The van der Waals surface area contributed by atoms with E-state index in [-0.39, 0.29) is 11.3 Å². The van der Waals surface area contributed by atoms with Crippen molar-refractivity contribution in [1.29, 1.82) is 0 Å². The summed E-state index contributed by atoms with van der Waals surface area (Å²) in [5, 5.41) is 0. The highest BCUT2D eigenvalue weighted by Crippen LogP contribution is 2.27. The van der Waals surface area contributed by atoms with Gasteiger partial charge >= 0.3 is 0 Å². The Hall–Kier alpha value is -3.77. The molecule has 196 valence electrons. The van der Waals surface area contributed by atoms with Crippen molar-refractivity contribution in [2.75, 3.05) is 26.2 Å². The van der Waals surface area contributed by atoms with Crippen LogP contribution in [-0.2, 0) is 23.2 Å². The average Bonchev–Trinajstić information content (AvgIpc) is 3.17. The van der Waals surface area contributed by atoms with Crippen LogP contribution in [0.25, 0.3) is 0 Å². The first-order valence-corrected chi connectivity index (χ1v) is 13.3. The normalized spacial score (nSPS) is 17.0. The van der Waals surface area contributed by atoms with E-state index in [2.05, 4.69) is 49.9 Å². The molecule has 38 heavy (non-hydrogen) atoms. The molecule has 1 atom stereocenters. The molecule has 0 N–H and O–H groups in total. The maximum atomic E-state index is 13.9. The molecule has 1 fully saturated rings. The van der Waals surface area contributed by atoms with Crippen LogP contribution in [0.1, 0.15) is 58.2 Å². The Kier molecular flexibility index (Phi) is 7.17. The maximum absolute atomic E-state index is 13.9. The summed E-state index contributed by atoms with van der Waals surface area (Å²) in [6.45, 7) is 10.1. The minimum absolute atomic E-state index is 0.125. The molecule has 5 rings (SSSR count). The Morgan fingerprint density at radius 2 is 1.29 bits per heavy atom. The van der Waals surface area contributed by atoms with E-state index in [4.69, 9.17) is 0 Å². The van der Waals surface area contributed by atoms with Crippen molar-refractivity contribution in [3.05, 3.63) is 107 Å². The van der Waals surface area contributed by atoms with E-state index in [1.807, 2.05) is 35.2 Å². The van der Waals surface area contributed by atoms with Crippen LogP contribution in [-0.4, -0.2) is 64.6 Å². The summed E-state index contributed by atoms with van der Waals surface area (Å²) >= 11 is 0. The van der Waals surface area contributed by atoms with Gasteiger partial charge in [-0.1, -0.05) is 87.5 Å². The molecule has 0 spiro atoms. The van der Waals surface area contributed by atoms with E-state index in [0.29, 0.717) is 30.6 Å². The van der Waals surface area contributed by atoms with Crippen molar-refractivity contribution in [2.45, 2.75) is 45.2 Å². The Balaban J connectivity index is 1.29. The summed E-state index contributed by atoms with van der Waals surface area (Å²) in [6, 6.07) is 24.3. The van der Waals surface area contributed by atoms with Crippen LogP contribution in [0.4, 0.5) is 0 Å². The fourth-order valence-corrected chi connectivity index (χ4v) is 5.32. The lowest BCUT2D eigenvalue weighted by Gasteiger charge is -2.38. The van der Waals surface area contributed by atoms with Gasteiger partial charge in [-0.25, -0.2) is 0 Å². The smallest absolute Gasteiger partial charge is 0.262 e. The van der Waals surface area contributed by atoms with Gasteiger partial charge in [0.2, 0.25) is 5.91 Å². The monoisotopic (exact) mass is 509 g/mol. The second kappa shape index (κ2) is 10.5. The number of piperazine rings is 1. The van der Waals surface area contributed by atoms with Crippen LogP contribution in [0.15, 0.2) is 78.9 Å². The number of imide groups is 1. The highest BCUT2D eigenvalue weighted by atomic mass is 16.2. The number of amides is 3. The highest BCUT2D eigenvalue weighted by molar-refractivity contribution is 6.22. The topological polar surface area (TPSA) is 60.9 Å². The zero-order valence-corrected chi connectivity index (χ0v) is 22.4. The molecule has 1 saturated heterocycles. The molecule has 3 aromatic carbocycles. The summed E-state index contributed by atoms with van der Waals surface area (Å²) in [6.07, 6.45) is 0.297. The number of benzene rings is 3. The Morgan fingerprint density at radius 3 is 1.84 bits per heavy atom. The van der Waals surface area contributed by atoms with Gasteiger partial charge in [0.1, 0.15) is 6.04 Å². The number of hydrogen-bond acceptors (Lipinski definition) is 4. The van der Waals surface area contributed by atoms with Gasteiger partial charge in [-0.3, -0.25) is 24.2 Å². The van der Waals surface area contributed by atoms with Crippen LogP contribution in [0.3, 0.4) is 0 Å². The predicted molar refractivity (Wildman–Crippen MR) is 148 cm³/mol. The molecule has 3 amide bonds. The second-order valence-electron chi connectivity index (χ2n) is 11.3. The zero-order chi connectivity index (χ0) is 26.9. The van der Waals surface area contributed by atoms with Crippen LogP contribution in [0.5, 0.6) is 0 Å². The van der Waals surface area contributed by atoms with Crippen LogP contribution >= 0.6 is 0 Å². The van der Waals surface area contributed by atoms with Gasteiger partial charge in [0.25, 0.3) is 11.8 Å². The lowest BCUT2D eigenvalue weighted by atomic mass is 9.87. The van der Waals surface area contributed by atoms with Gasteiger partial charge < -0.3 is 4.90 Å². The molecule has 0 aromatic heterocycles. The van der Waals surface area contributed by atoms with Gasteiger partial charge in [-0.15, -0.1) is 0 Å². The van der Waals surface area contributed by atoms with E-state index in [9.17, 15) is 14.4 Å². The van der Waals surface area contributed by atoms with Gasteiger partial charge in [0, 0.05) is 39.1 Å². The standard InChI is InChI=1S/C32H35N3O3/c1-32(2,3)25-15-13-24(14-16-25)22-33-17-19-34(20-18-33)31(38)28(21-23-9-5-4-6-10-23)35-29(36)26-11-7-8-12-27(26)30(35)37/h4-16,28H,17-22H2,1-3H3/t28-/m0/s1. The van der Waals surface area contributed by atoms with E-state index in [1.54, 1.807) is 24.3 Å². The largest absolute Gasteiger partial charge is 0.338 e. The molecular weight excluding hydrogens is 474 g/mol. The van der Waals surface area contributed by atoms with Crippen LogP contribution < -0.4 is 0 Å². The van der Waals surface area contributed by atoms with Crippen molar-refractivity contribution >= 4 is 17.7 Å². The van der Waals surface area contributed by atoms with E-state index in [1.165, 1.54) is 16.0 Å². The van der Waals surface area contributed by atoms with Crippen molar-refractivity contribution in [3.63, 3.8) is 0 Å². The number of fused-ring (bicyclic) bond motifs is 1. The Morgan fingerprint density at radius 1 is 0.737 bits per heavy atom. The van der Waals surface area contributed by atoms with Gasteiger partial charge in [0.05, 0.1) is 11.1 Å². The molecule has 0 saturated carbocycles. The number of nitrogens with zero attached hydrogens (tertiary/aromatic N) is 3. The van der Waals surface area contributed by atoms with Gasteiger partial charge in [-0.05, 0) is 34.2 Å². The minimum atomic E-state index is -0.874. The molecule has 2 aliphatic heterocycles. The van der Waals surface area contributed by atoms with E-state index < -0.39 is 17.9 Å². The van der Waals surface area contributed by atoms with Crippen LogP contribution in [0.2, 0.25) is 0 Å². The van der Waals surface area contributed by atoms with E-state index >= 15 is 0 Å². The molecule has 0 aliphatic carbocycles. The van der Waals surface area contributed by atoms with Crippen molar-refractivity contribution < 1.29 is 14.4 Å². The highest BCUT2D eigenvalue weighted by Gasteiger charge is 2.44.